The highest BCUT2D eigenvalue weighted by Crippen LogP contribution is 2.26. The summed E-state index contributed by atoms with van der Waals surface area (Å²) in [7, 11) is 0. The molecule has 2 aliphatic rings. The summed E-state index contributed by atoms with van der Waals surface area (Å²) in [6.07, 6.45) is 5.61. The molecular weight excluding hydrogens is 368 g/mol. The maximum atomic E-state index is 11.0. The molecule has 2 aliphatic heterocycles. The highest BCUT2D eigenvalue weighted by molar-refractivity contribution is 5.49. The van der Waals surface area contributed by atoms with Gasteiger partial charge in [-0.1, -0.05) is 6.07 Å². The van der Waals surface area contributed by atoms with Gasteiger partial charge in [0, 0.05) is 57.6 Å². The lowest BCUT2D eigenvalue weighted by atomic mass is 9.97. The predicted molar refractivity (Wildman–Crippen MR) is 113 cm³/mol. The van der Waals surface area contributed by atoms with Gasteiger partial charge < -0.3 is 9.80 Å². The van der Waals surface area contributed by atoms with Crippen LogP contribution in [0.25, 0.3) is 0 Å². The monoisotopic (exact) mass is 396 g/mol. The lowest BCUT2D eigenvalue weighted by Crippen LogP contribution is -2.50. The van der Waals surface area contributed by atoms with Gasteiger partial charge >= 0.3 is 0 Å². The molecule has 8 nitrogen and oxygen atoms in total. The minimum atomic E-state index is -0.365. The van der Waals surface area contributed by atoms with Gasteiger partial charge in [-0.3, -0.25) is 15.0 Å². The first kappa shape index (κ1) is 19.6. The van der Waals surface area contributed by atoms with Crippen LogP contribution >= 0.6 is 0 Å². The number of hydrogen-bond donors (Lipinski definition) is 0. The van der Waals surface area contributed by atoms with E-state index >= 15 is 0 Å². The van der Waals surface area contributed by atoms with Crippen molar-refractivity contribution in [3.63, 3.8) is 0 Å². The number of aryl methyl sites for hydroxylation is 1. The van der Waals surface area contributed by atoms with Crippen molar-refractivity contribution in [2.45, 2.75) is 19.8 Å². The van der Waals surface area contributed by atoms with E-state index in [2.05, 4.69) is 30.7 Å². The van der Waals surface area contributed by atoms with Crippen molar-refractivity contribution >= 4 is 17.3 Å². The number of aromatic nitrogens is 2. The smallest absolute Gasteiger partial charge is 0.290 e. The molecule has 154 valence electrons. The topological polar surface area (TPSA) is 78.6 Å². The summed E-state index contributed by atoms with van der Waals surface area (Å²) >= 11 is 0. The molecule has 2 fully saturated rings. The zero-order chi connectivity index (χ0) is 20.2. The quantitative estimate of drug-likeness (QED) is 0.568. The molecule has 29 heavy (non-hydrogen) atoms. The van der Waals surface area contributed by atoms with Gasteiger partial charge in [0.05, 0.1) is 4.92 Å². The molecule has 4 heterocycles. The zero-order valence-electron chi connectivity index (χ0n) is 16.9. The fraction of sp³-hybridized carbons (Fsp3) is 0.524. The van der Waals surface area contributed by atoms with Gasteiger partial charge in [-0.25, -0.2) is 9.97 Å². The predicted octanol–water partition coefficient (Wildman–Crippen LogP) is 2.73. The van der Waals surface area contributed by atoms with Crippen LogP contribution < -0.4 is 9.80 Å². The Morgan fingerprint density at radius 2 is 1.93 bits per heavy atom. The number of anilines is 2. The Kier molecular flexibility index (Phi) is 5.89. The maximum absolute atomic E-state index is 11.0. The van der Waals surface area contributed by atoms with Crippen LogP contribution in [-0.4, -0.2) is 65.6 Å². The lowest BCUT2D eigenvalue weighted by Gasteiger charge is -2.40. The number of hydrogen-bond acceptors (Lipinski definition) is 7. The SMILES string of the molecule is Cc1cc(N2CCCC(CN3CCN(c4ccccn4)CC3)C2)ncc1[N+](=O)[O-]. The molecule has 0 radical (unpaired) electrons. The number of piperazine rings is 1. The summed E-state index contributed by atoms with van der Waals surface area (Å²) in [6, 6.07) is 7.93. The molecule has 0 aliphatic carbocycles. The van der Waals surface area contributed by atoms with E-state index in [0.717, 1.165) is 63.9 Å². The number of piperidine rings is 1. The third kappa shape index (κ3) is 4.64. The fourth-order valence-electron chi connectivity index (χ4n) is 4.39. The van der Waals surface area contributed by atoms with E-state index < -0.39 is 0 Å². The highest BCUT2D eigenvalue weighted by atomic mass is 16.6. The van der Waals surface area contributed by atoms with Crippen LogP contribution in [0.1, 0.15) is 18.4 Å². The molecule has 0 saturated carbocycles. The van der Waals surface area contributed by atoms with E-state index in [1.54, 1.807) is 6.92 Å². The third-order valence-corrected chi connectivity index (χ3v) is 5.97. The summed E-state index contributed by atoms with van der Waals surface area (Å²) in [6.45, 7) is 8.94. The van der Waals surface area contributed by atoms with Crippen LogP contribution in [0.15, 0.2) is 36.7 Å². The Hall–Kier alpha value is -2.74. The Morgan fingerprint density at radius 3 is 2.62 bits per heavy atom. The zero-order valence-corrected chi connectivity index (χ0v) is 16.9. The van der Waals surface area contributed by atoms with Crippen LogP contribution in [0.4, 0.5) is 17.3 Å². The average molecular weight is 396 g/mol. The van der Waals surface area contributed by atoms with Gasteiger partial charge in [0.15, 0.2) is 0 Å². The standard InChI is InChI=1S/C21H28N6O2/c1-17-13-21(23-14-19(17)27(28)29)26-8-4-5-18(16-26)15-24-9-11-25(12-10-24)20-6-2-3-7-22-20/h2-3,6-7,13-14,18H,4-5,8-12,15-16H2,1H3. The number of nitrogens with zero attached hydrogens (tertiary/aromatic N) is 6. The summed E-state index contributed by atoms with van der Waals surface area (Å²) in [4.78, 5) is 26.7. The van der Waals surface area contributed by atoms with E-state index in [9.17, 15) is 10.1 Å². The molecule has 0 amide bonds. The second-order valence-electron chi connectivity index (χ2n) is 8.02. The maximum Gasteiger partial charge on any atom is 0.290 e. The number of nitro groups is 1. The van der Waals surface area contributed by atoms with E-state index in [1.165, 1.54) is 12.6 Å². The number of rotatable bonds is 5. The summed E-state index contributed by atoms with van der Waals surface area (Å²) in [5.41, 5.74) is 0.765. The largest absolute Gasteiger partial charge is 0.356 e. The van der Waals surface area contributed by atoms with Crippen molar-refractivity contribution in [1.29, 1.82) is 0 Å². The van der Waals surface area contributed by atoms with Crippen LogP contribution in [0.2, 0.25) is 0 Å². The molecule has 4 rings (SSSR count). The van der Waals surface area contributed by atoms with Crippen LogP contribution in [-0.2, 0) is 0 Å². The van der Waals surface area contributed by atoms with Crippen molar-refractivity contribution < 1.29 is 4.92 Å². The Labute approximate surface area is 171 Å². The van der Waals surface area contributed by atoms with E-state index in [1.807, 2.05) is 24.4 Å². The second-order valence-corrected chi connectivity index (χ2v) is 8.02. The third-order valence-electron chi connectivity index (χ3n) is 5.97. The van der Waals surface area contributed by atoms with Gasteiger partial charge in [-0.05, 0) is 43.9 Å². The number of pyridine rings is 2. The molecule has 0 N–H and O–H groups in total. The minimum absolute atomic E-state index is 0.0908. The molecule has 0 aromatic carbocycles. The van der Waals surface area contributed by atoms with E-state index in [-0.39, 0.29) is 10.6 Å². The molecule has 0 spiro atoms. The molecule has 2 aromatic heterocycles. The van der Waals surface area contributed by atoms with Gasteiger partial charge in [0.1, 0.15) is 17.8 Å². The van der Waals surface area contributed by atoms with E-state index in [0.29, 0.717) is 11.5 Å². The second kappa shape index (κ2) is 8.73. The summed E-state index contributed by atoms with van der Waals surface area (Å²) in [5.74, 6) is 2.52. The van der Waals surface area contributed by atoms with Crippen LogP contribution in [0.3, 0.4) is 0 Å². The first-order valence-corrected chi connectivity index (χ1v) is 10.3. The molecule has 1 unspecified atom stereocenters. The molecule has 0 bridgehead atoms. The van der Waals surface area contributed by atoms with Gasteiger partial charge in [0.25, 0.3) is 5.69 Å². The van der Waals surface area contributed by atoms with Crippen LogP contribution in [0, 0.1) is 23.0 Å². The Bertz CT molecular complexity index is 838. The van der Waals surface area contributed by atoms with Crippen molar-refractivity contribution in [3.8, 4) is 0 Å². The molecule has 2 aromatic rings. The minimum Gasteiger partial charge on any atom is -0.356 e. The van der Waals surface area contributed by atoms with Gasteiger partial charge in [-0.15, -0.1) is 0 Å². The summed E-state index contributed by atoms with van der Waals surface area (Å²) in [5, 5.41) is 11.0. The van der Waals surface area contributed by atoms with Crippen molar-refractivity contribution in [2.75, 3.05) is 55.6 Å². The van der Waals surface area contributed by atoms with Crippen molar-refractivity contribution in [1.82, 2.24) is 14.9 Å². The first-order chi connectivity index (χ1) is 14.1. The molecule has 1 atom stereocenters. The van der Waals surface area contributed by atoms with Gasteiger partial charge in [-0.2, -0.15) is 0 Å². The molecule has 8 heteroatoms. The lowest BCUT2D eigenvalue weighted by molar-refractivity contribution is -0.385. The highest BCUT2D eigenvalue weighted by Gasteiger charge is 2.26. The summed E-state index contributed by atoms with van der Waals surface area (Å²) < 4.78 is 0. The Morgan fingerprint density at radius 1 is 1.10 bits per heavy atom. The normalized spacial score (nSPS) is 20.7. The van der Waals surface area contributed by atoms with E-state index in [4.69, 9.17) is 0 Å². The fourth-order valence-corrected chi connectivity index (χ4v) is 4.39. The molecule has 2 saturated heterocycles. The van der Waals surface area contributed by atoms with Crippen LogP contribution in [0.5, 0.6) is 0 Å². The molecular formula is C21H28N6O2. The first-order valence-electron chi connectivity index (χ1n) is 10.3. The average Bonchev–Trinajstić information content (AvgIpc) is 2.75. The van der Waals surface area contributed by atoms with Crippen molar-refractivity contribution in [3.05, 3.63) is 52.3 Å². The Balaban J connectivity index is 1.31. The van der Waals surface area contributed by atoms with Gasteiger partial charge in [0.2, 0.25) is 0 Å². The van der Waals surface area contributed by atoms with Crippen molar-refractivity contribution in [2.24, 2.45) is 5.92 Å².